The Morgan fingerprint density at radius 2 is 1.00 bits per heavy atom. The molecule has 0 atom stereocenters. The molecular formula is C52H33N3O. The van der Waals surface area contributed by atoms with Crippen molar-refractivity contribution in [2.75, 3.05) is 4.90 Å². The number of hydrogen-bond donors (Lipinski definition) is 0. The van der Waals surface area contributed by atoms with Crippen LogP contribution in [0.25, 0.3) is 88.2 Å². The zero-order valence-corrected chi connectivity index (χ0v) is 30.3. The summed E-state index contributed by atoms with van der Waals surface area (Å²) in [6, 6.07) is 70.0. The summed E-state index contributed by atoms with van der Waals surface area (Å²) in [5.74, 6) is 0. The molecule has 2 heterocycles. The van der Waals surface area contributed by atoms with Crippen LogP contribution in [0, 0.1) is 0 Å². The molecule has 0 spiro atoms. The molecule has 0 saturated heterocycles. The first-order chi connectivity index (χ1) is 27.8. The van der Waals surface area contributed by atoms with E-state index < -0.39 is 0 Å². The predicted octanol–water partition coefficient (Wildman–Crippen LogP) is 14.3. The lowest BCUT2D eigenvalue weighted by molar-refractivity contribution is 0.669. The molecule has 4 nitrogen and oxygen atoms in total. The van der Waals surface area contributed by atoms with E-state index in [0.717, 1.165) is 105 Å². The molecule has 0 bridgehead atoms. The molecule has 2 aromatic heterocycles. The third kappa shape index (κ3) is 5.23. The summed E-state index contributed by atoms with van der Waals surface area (Å²) >= 11 is 0. The first kappa shape index (κ1) is 31.9. The van der Waals surface area contributed by atoms with E-state index in [2.05, 4.69) is 187 Å². The maximum atomic E-state index is 6.80. The van der Waals surface area contributed by atoms with E-state index in [4.69, 9.17) is 14.4 Å². The Bertz CT molecular complexity index is 3190. The zero-order valence-electron chi connectivity index (χ0n) is 30.3. The molecule has 4 heteroatoms. The van der Waals surface area contributed by atoms with Crippen LogP contribution >= 0.6 is 0 Å². The lowest BCUT2D eigenvalue weighted by atomic mass is 9.94. The number of fused-ring (bicyclic) bond motifs is 8. The van der Waals surface area contributed by atoms with Gasteiger partial charge in [-0.3, -0.25) is 0 Å². The molecule has 0 radical (unpaired) electrons. The lowest BCUT2D eigenvalue weighted by Gasteiger charge is -2.25. The summed E-state index contributed by atoms with van der Waals surface area (Å²) in [7, 11) is 0. The molecule has 0 fully saturated rings. The van der Waals surface area contributed by atoms with Crippen LogP contribution in [-0.4, -0.2) is 9.97 Å². The van der Waals surface area contributed by atoms with Crippen molar-refractivity contribution in [3.63, 3.8) is 0 Å². The Labute approximate surface area is 323 Å². The summed E-state index contributed by atoms with van der Waals surface area (Å²) in [5, 5.41) is 6.69. The minimum absolute atomic E-state index is 0.846. The molecule has 11 aromatic rings. The molecule has 9 aromatic carbocycles. The number of anilines is 3. The van der Waals surface area contributed by atoms with Crippen LogP contribution in [0.2, 0.25) is 0 Å². The summed E-state index contributed by atoms with van der Waals surface area (Å²) in [6.07, 6.45) is 0. The molecule has 11 rings (SSSR count). The lowest BCUT2D eigenvalue weighted by Crippen LogP contribution is -2.10. The topological polar surface area (TPSA) is 42.2 Å². The third-order valence-corrected chi connectivity index (χ3v) is 10.8. The molecule has 0 unspecified atom stereocenters. The Balaban J connectivity index is 1.13. The third-order valence-electron chi connectivity index (χ3n) is 10.8. The minimum Gasteiger partial charge on any atom is -0.454 e. The molecule has 0 aliphatic rings. The van der Waals surface area contributed by atoms with Crippen LogP contribution in [0.4, 0.5) is 17.1 Å². The van der Waals surface area contributed by atoms with Crippen molar-refractivity contribution in [3.05, 3.63) is 200 Å². The molecule has 0 N–H and O–H groups in total. The van der Waals surface area contributed by atoms with Gasteiger partial charge in [-0.2, -0.15) is 0 Å². The number of furan rings is 1. The molecule has 0 saturated carbocycles. The fourth-order valence-corrected chi connectivity index (χ4v) is 8.24. The van der Waals surface area contributed by atoms with Gasteiger partial charge in [0.05, 0.1) is 28.1 Å². The van der Waals surface area contributed by atoms with Gasteiger partial charge in [0.15, 0.2) is 5.58 Å². The van der Waals surface area contributed by atoms with E-state index >= 15 is 0 Å². The second-order valence-electron chi connectivity index (χ2n) is 14.1. The van der Waals surface area contributed by atoms with Crippen molar-refractivity contribution in [1.29, 1.82) is 0 Å². The highest BCUT2D eigenvalue weighted by atomic mass is 16.3. The summed E-state index contributed by atoms with van der Waals surface area (Å²) in [4.78, 5) is 13.0. The molecular weight excluding hydrogens is 683 g/mol. The average Bonchev–Trinajstić information content (AvgIpc) is 3.67. The minimum atomic E-state index is 0.846. The monoisotopic (exact) mass is 715 g/mol. The second kappa shape index (κ2) is 13.1. The van der Waals surface area contributed by atoms with Crippen LogP contribution in [0.1, 0.15) is 0 Å². The van der Waals surface area contributed by atoms with Gasteiger partial charge in [-0.15, -0.1) is 0 Å². The van der Waals surface area contributed by atoms with Crippen LogP contribution in [-0.2, 0) is 0 Å². The fourth-order valence-electron chi connectivity index (χ4n) is 8.24. The quantitative estimate of drug-likeness (QED) is 0.161. The molecule has 0 aliphatic heterocycles. The average molecular weight is 716 g/mol. The molecule has 56 heavy (non-hydrogen) atoms. The fraction of sp³-hybridized carbons (Fsp3) is 0. The van der Waals surface area contributed by atoms with Crippen molar-refractivity contribution < 1.29 is 4.42 Å². The van der Waals surface area contributed by atoms with Gasteiger partial charge in [-0.05, 0) is 75.8 Å². The molecule has 262 valence electrons. The van der Waals surface area contributed by atoms with E-state index in [1.165, 1.54) is 0 Å². The van der Waals surface area contributed by atoms with Crippen LogP contribution in [0.15, 0.2) is 205 Å². The predicted molar refractivity (Wildman–Crippen MR) is 233 cm³/mol. The van der Waals surface area contributed by atoms with Gasteiger partial charge in [0.2, 0.25) is 0 Å². The summed E-state index contributed by atoms with van der Waals surface area (Å²) in [5.41, 5.74) is 12.7. The summed E-state index contributed by atoms with van der Waals surface area (Å²) < 4.78 is 6.80. The number of aromatic nitrogens is 2. The smallest absolute Gasteiger partial charge is 0.160 e. The van der Waals surface area contributed by atoms with Crippen LogP contribution in [0.5, 0.6) is 0 Å². The highest BCUT2D eigenvalue weighted by molar-refractivity contribution is 6.21. The van der Waals surface area contributed by atoms with Gasteiger partial charge >= 0.3 is 0 Å². The van der Waals surface area contributed by atoms with Crippen molar-refractivity contribution in [2.45, 2.75) is 0 Å². The van der Waals surface area contributed by atoms with Gasteiger partial charge < -0.3 is 9.32 Å². The number of para-hydroxylation sites is 3. The largest absolute Gasteiger partial charge is 0.454 e. The maximum absolute atomic E-state index is 6.80. The van der Waals surface area contributed by atoms with Gasteiger partial charge in [-0.1, -0.05) is 152 Å². The van der Waals surface area contributed by atoms with E-state index in [0.29, 0.717) is 0 Å². The normalized spacial score (nSPS) is 11.6. The molecule has 0 amide bonds. The van der Waals surface area contributed by atoms with Crippen molar-refractivity contribution in [1.82, 2.24) is 9.97 Å². The van der Waals surface area contributed by atoms with Gasteiger partial charge in [0.1, 0.15) is 5.58 Å². The number of nitrogens with zero attached hydrogens (tertiary/aromatic N) is 3. The Hall–Kier alpha value is -7.56. The number of rotatable bonds is 6. The van der Waals surface area contributed by atoms with Gasteiger partial charge in [0, 0.05) is 38.7 Å². The zero-order chi connectivity index (χ0) is 37.0. The maximum Gasteiger partial charge on any atom is 0.160 e. The van der Waals surface area contributed by atoms with Gasteiger partial charge in [-0.25, -0.2) is 9.97 Å². The second-order valence-corrected chi connectivity index (χ2v) is 14.1. The Morgan fingerprint density at radius 3 is 1.70 bits per heavy atom. The van der Waals surface area contributed by atoms with Crippen molar-refractivity contribution in [2.24, 2.45) is 0 Å². The van der Waals surface area contributed by atoms with Crippen molar-refractivity contribution >= 4 is 71.6 Å². The van der Waals surface area contributed by atoms with Crippen LogP contribution in [0.3, 0.4) is 0 Å². The highest BCUT2D eigenvalue weighted by Gasteiger charge is 2.22. The Morgan fingerprint density at radius 1 is 0.411 bits per heavy atom. The van der Waals surface area contributed by atoms with Crippen LogP contribution < -0.4 is 4.90 Å². The van der Waals surface area contributed by atoms with E-state index in [1.54, 1.807) is 0 Å². The summed E-state index contributed by atoms with van der Waals surface area (Å²) in [6.45, 7) is 0. The molecule has 0 aliphatic carbocycles. The van der Waals surface area contributed by atoms with Crippen molar-refractivity contribution in [3.8, 4) is 33.6 Å². The Kier molecular flexibility index (Phi) is 7.46. The first-order valence-electron chi connectivity index (χ1n) is 18.9. The first-order valence-corrected chi connectivity index (χ1v) is 18.9. The van der Waals surface area contributed by atoms with E-state index in [9.17, 15) is 0 Å². The number of benzene rings is 9. The van der Waals surface area contributed by atoms with E-state index in [-0.39, 0.29) is 0 Å². The highest BCUT2D eigenvalue weighted by Crippen LogP contribution is 2.46. The van der Waals surface area contributed by atoms with E-state index in [1.807, 2.05) is 18.2 Å². The SMILES string of the molecule is c1ccc(-c2nc3ccc4ccc5cc(-c6ccc(N(c7ccccc7)c7ccccc7)c7oc8ccccc8c67)ccc5c4c3nc2-c2ccccc2)cc1. The van der Waals surface area contributed by atoms with Gasteiger partial charge in [0.25, 0.3) is 0 Å². The number of hydrogen-bond acceptors (Lipinski definition) is 4. The standard InChI is InChI=1S/C52H33N3O/c1-5-15-35(16-6-1)49-50(36-17-7-2-8-18-36)54-51-44(53-49)31-28-34-25-26-37-33-38(27-29-41(37)47(34)51)42-30-32-45(52-48(42)43-23-13-14-24-46(43)56-52)55(39-19-9-3-10-20-39)40-21-11-4-12-22-40/h1-33H.